The van der Waals surface area contributed by atoms with Gasteiger partial charge in [0.1, 0.15) is 0 Å². The van der Waals surface area contributed by atoms with E-state index in [9.17, 15) is 0 Å². The monoisotopic (exact) mass is 185 g/mol. The van der Waals surface area contributed by atoms with E-state index in [2.05, 4.69) is 62.0 Å². The molecule has 2 aromatic rings. The second-order valence-corrected chi connectivity index (χ2v) is 3.93. The van der Waals surface area contributed by atoms with Gasteiger partial charge in [0.05, 0.1) is 0 Å². The molecule has 0 saturated carbocycles. The average molecular weight is 185 g/mol. The maximum Gasteiger partial charge on any atom is 0.0483 e. The van der Waals surface area contributed by atoms with Crippen LogP contribution >= 0.6 is 0 Å². The summed E-state index contributed by atoms with van der Waals surface area (Å²) in [6, 6.07) is 8.49. The Morgan fingerprint density at radius 3 is 2.64 bits per heavy atom. The molecule has 1 aromatic carbocycles. The van der Waals surface area contributed by atoms with Crippen LogP contribution in [0.15, 0.2) is 36.0 Å². The van der Waals surface area contributed by atoms with Crippen LogP contribution in [0.25, 0.3) is 17.0 Å². The highest BCUT2D eigenvalue weighted by Crippen LogP contribution is 2.22. The molecule has 0 radical (unpaired) electrons. The van der Waals surface area contributed by atoms with Crippen molar-refractivity contribution in [1.82, 2.24) is 4.57 Å². The number of para-hydroxylation sites is 1. The minimum Gasteiger partial charge on any atom is -0.350 e. The second kappa shape index (κ2) is 3.33. The lowest BCUT2D eigenvalue weighted by molar-refractivity contribution is 0.968. The van der Waals surface area contributed by atoms with Gasteiger partial charge < -0.3 is 4.57 Å². The molecule has 0 aliphatic heterocycles. The molecule has 1 aromatic heterocycles. The summed E-state index contributed by atoms with van der Waals surface area (Å²) in [5, 5.41) is 1.33. The Bertz CT molecular complexity index is 485. The summed E-state index contributed by atoms with van der Waals surface area (Å²) in [7, 11) is 2.09. The van der Waals surface area contributed by atoms with Crippen molar-refractivity contribution in [3.63, 3.8) is 0 Å². The number of allylic oxidation sites excluding steroid dienone is 1. The zero-order chi connectivity index (χ0) is 10.1. The number of rotatable bonds is 1. The van der Waals surface area contributed by atoms with E-state index in [1.165, 1.54) is 22.0 Å². The van der Waals surface area contributed by atoms with Gasteiger partial charge in [0.25, 0.3) is 0 Å². The lowest BCUT2D eigenvalue weighted by Crippen LogP contribution is -1.81. The number of aromatic nitrogens is 1. The highest BCUT2D eigenvalue weighted by atomic mass is 14.9. The Morgan fingerprint density at radius 1 is 1.21 bits per heavy atom. The van der Waals surface area contributed by atoms with Gasteiger partial charge in [0.15, 0.2) is 0 Å². The average Bonchev–Trinajstić information content (AvgIpc) is 2.44. The summed E-state index contributed by atoms with van der Waals surface area (Å²) in [6.45, 7) is 4.25. The molecule has 0 aliphatic carbocycles. The second-order valence-electron chi connectivity index (χ2n) is 3.93. The van der Waals surface area contributed by atoms with Crippen LogP contribution in [0.4, 0.5) is 0 Å². The lowest BCUT2D eigenvalue weighted by Gasteiger charge is -1.93. The fourth-order valence-corrected chi connectivity index (χ4v) is 1.80. The molecule has 1 heteroatoms. The van der Waals surface area contributed by atoms with Crippen LogP contribution in [0.2, 0.25) is 0 Å². The molecule has 1 nitrogen and oxygen atoms in total. The van der Waals surface area contributed by atoms with Gasteiger partial charge in [-0.2, -0.15) is 0 Å². The van der Waals surface area contributed by atoms with E-state index in [0.29, 0.717) is 0 Å². The van der Waals surface area contributed by atoms with Crippen molar-refractivity contribution in [2.75, 3.05) is 0 Å². The summed E-state index contributed by atoms with van der Waals surface area (Å²) in [6.07, 6.45) is 4.40. The molecule has 0 fully saturated rings. The van der Waals surface area contributed by atoms with Crippen molar-refractivity contribution >= 4 is 17.0 Å². The fourth-order valence-electron chi connectivity index (χ4n) is 1.80. The van der Waals surface area contributed by atoms with E-state index in [-0.39, 0.29) is 0 Å². The Morgan fingerprint density at radius 2 is 1.93 bits per heavy atom. The zero-order valence-corrected chi connectivity index (χ0v) is 8.91. The highest BCUT2D eigenvalue weighted by molar-refractivity contribution is 5.89. The van der Waals surface area contributed by atoms with Crippen LogP contribution in [-0.2, 0) is 7.05 Å². The van der Waals surface area contributed by atoms with Crippen molar-refractivity contribution < 1.29 is 0 Å². The molecule has 0 spiro atoms. The highest BCUT2D eigenvalue weighted by Gasteiger charge is 2.02. The summed E-state index contributed by atoms with van der Waals surface area (Å²) in [5.74, 6) is 0. The van der Waals surface area contributed by atoms with Gasteiger partial charge in [-0.05, 0) is 25.5 Å². The predicted molar refractivity (Wildman–Crippen MR) is 62.2 cm³/mol. The molecular formula is C13H15N. The first-order valence-electron chi connectivity index (χ1n) is 4.87. The number of hydrogen-bond donors (Lipinski definition) is 0. The lowest BCUT2D eigenvalue weighted by atomic mass is 10.1. The third-order valence-corrected chi connectivity index (χ3v) is 2.37. The van der Waals surface area contributed by atoms with Gasteiger partial charge in [0.2, 0.25) is 0 Å². The standard InChI is InChI=1S/C13H15N/c1-10(2)8-11-9-14(3)13-7-5-4-6-12(11)13/h4-9H,1-3H3. The Hall–Kier alpha value is -1.50. The number of fused-ring (bicyclic) bond motifs is 1. The third-order valence-electron chi connectivity index (χ3n) is 2.37. The molecule has 0 saturated heterocycles. The molecule has 0 atom stereocenters. The predicted octanol–water partition coefficient (Wildman–Crippen LogP) is 3.60. The van der Waals surface area contributed by atoms with Gasteiger partial charge in [-0.3, -0.25) is 0 Å². The first-order chi connectivity index (χ1) is 6.68. The molecule has 2 rings (SSSR count). The summed E-state index contributed by atoms with van der Waals surface area (Å²) in [4.78, 5) is 0. The van der Waals surface area contributed by atoms with E-state index < -0.39 is 0 Å². The summed E-state index contributed by atoms with van der Waals surface area (Å²) < 4.78 is 2.17. The van der Waals surface area contributed by atoms with Gasteiger partial charge in [-0.1, -0.05) is 29.8 Å². The van der Waals surface area contributed by atoms with E-state index in [1.807, 2.05) is 0 Å². The largest absolute Gasteiger partial charge is 0.350 e. The van der Waals surface area contributed by atoms with Crippen LogP contribution in [0.5, 0.6) is 0 Å². The van der Waals surface area contributed by atoms with Gasteiger partial charge in [-0.25, -0.2) is 0 Å². The molecule has 0 bridgehead atoms. The maximum atomic E-state index is 2.22. The maximum absolute atomic E-state index is 2.22. The Balaban J connectivity index is 2.73. The Labute approximate surface area is 84.7 Å². The van der Waals surface area contributed by atoms with Crippen LogP contribution in [0.3, 0.4) is 0 Å². The number of aryl methyl sites for hydroxylation is 1. The third kappa shape index (κ3) is 1.46. The van der Waals surface area contributed by atoms with Crippen LogP contribution in [0.1, 0.15) is 19.4 Å². The van der Waals surface area contributed by atoms with Crippen molar-refractivity contribution in [2.45, 2.75) is 13.8 Å². The van der Waals surface area contributed by atoms with E-state index >= 15 is 0 Å². The van der Waals surface area contributed by atoms with E-state index in [0.717, 1.165) is 0 Å². The van der Waals surface area contributed by atoms with Crippen LogP contribution in [-0.4, -0.2) is 4.57 Å². The summed E-state index contributed by atoms with van der Waals surface area (Å²) >= 11 is 0. The topological polar surface area (TPSA) is 4.93 Å². The van der Waals surface area contributed by atoms with Crippen molar-refractivity contribution in [3.05, 3.63) is 41.6 Å². The molecular weight excluding hydrogens is 170 g/mol. The normalized spacial score (nSPS) is 10.5. The van der Waals surface area contributed by atoms with Crippen molar-refractivity contribution in [1.29, 1.82) is 0 Å². The quantitative estimate of drug-likeness (QED) is 0.639. The van der Waals surface area contributed by atoms with Crippen LogP contribution < -0.4 is 0 Å². The first-order valence-corrected chi connectivity index (χ1v) is 4.87. The number of benzene rings is 1. The minimum absolute atomic E-state index is 1.29. The summed E-state index contributed by atoms with van der Waals surface area (Å²) in [5.41, 5.74) is 3.93. The zero-order valence-electron chi connectivity index (χ0n) is 8.91. The molecule has 1 heterocycles. The van der Waals surface area contributed by atoms with Gasteiger partial charge >= 0.3 is 0 Å². The van der Waals surface area contributed by atoms with E-state index in [4.69, 9.17) is 0 Å². The molecule has 72 valence electrons. The first kappa shape index (κ1) is 9.07. The van der Waals surface area contributed by atoms with Crippen molar-refractivity contribution in [2.24, 2.45) is 7.05 Å². The van der Waals surface area contributed by atoms with Gasteiger partial charge in [0, 0.05) is 24.1 Å². The van der Waals surface area contributed by atoms with E-state index in [1.54, 1.807) is 0 Å². The van der Waals surface area contributed by atoms with Gasteiger partial charge in [-0.15, -0.1) is 0 Å². The number of nitrogens with zero attached hydrogens (tertiary/aromatic N) is 1. The van der Waals surface area contributed by atoms with Crippen LogP contribution in [0, 0.1) is 0 Å². The smallest absolute Gasteiger partial charge is 0.0483 e. The molecule has 14 heavy (non-hydrogen) atoms. The molecule has 0 unspecified atom stereocenters. The fraction of sp³-hybridized carbons (Fsp3) is 0.231. The van der Waals surface area contributed by atoms with Crippen molar-refractivity contribution in [3.8, 4) is 0 Å². The Kier molecular flexibility index (Phi) is 2.16. The molecule has 0 N–H and O–H groups in total. The molecule has 0 amide bonds. The SMILES string of the molecule is CC(C)=Cc1cn(C)c2ccccc12. The number of hydrogen-bond acceptors (Lipinski definition) is 0. The minimum atomic E-state index is 1.29. The molecule has 0 aliphatic rings.